The molecular weight excluding hydrogens is 480 g/mol. The second kappa shape index (κ2) is 7.02. The third kappa shape index (κ3) is 3.15. The quantitative estimate of drug-likeness (QED) is 0.307. The fraction of sp³-hybridized carbons (Fsp3) is 0.467. The van der Waals surface area contributed by atoms with Gasteiger partial charge in [-0.25, -0.2) is 0 Å². The van der Waals surface area contributed by atoms with Gasteiger partial charge in [0.1, 0.15) is 0 Å². The van der Waals surface area contributed by atoms with Gasteiger partial charge in [0.15, 0.2) is 0 Å². The van der Waals surface area contributed by atoms with Crippen molar-refractivity contribution in [1.82, 2.24) is 0 Å². The Kier molecular flexibility index (Phi) is 5.00. The molecule has 2 aromatic rings. The van der Waals surface area contributed by atoms with E-state index in [2.05, 4.69) is 105 Å². The average Bonchev–Trinajstić information content (AvgIpc) is 3.12. The van der Waals surface area contributed by atoms with Crippen LogP contribution < -0.4 is 0 Å². The molecule has 0 saturated heterocycles. The minimum atomic E-state index is -1.85. The SMILES string of the molecule is CC1=C2c3cc(C(C)(C)C)ccc3[CH]1[Zr][CH]1C(C)=C(c3cc(C(C)(C)C)ccc31)[Si]2(C)C. The number of hydrogen-bond donors (Lipinski definition) is 0. The fourth-order valence-corrected chi connectivity index (χ4v) is 16.4. The van der Waals surface area contributed by atoms with E-state index in [1.54, 1.807) is 43.8 Å². The summed E-state index contributed by atoms with van der Waals surface area (Å²) in [6.45, 7) is 24.4. The van der Waals surface area contributed by atoms with Crippen LogP contribution in [-0.2, 0) is 34.1 Å². The van der Waals surface area contributed by atoms with Crippen LogP contribution in [0.4, 0.5) is 0 Å². The first-order valence-electron chi connectivity index (χ1n) is 12.2. The van der Waals surface area contributed by atoms with Gasteiger partial charge in [-0.1, -0.05) is 0 Å². The molecule has 5 rings (SSSR count). The van der Waals surface area contributed by atoms with E-state index in [1.165, 1.54) is 11.1 Å². The third-order valence-electron chi connectivity index (χ3n) is 8.24. The minimum absolute atomic E-state index is 0.195. The Hall–Kier alpha value is -0.980. The van der Waals surface area contributed by atoms with Gasteiger partial charge in [-0.15, -0.1) is 0 Å². The predicted octanol–water partition coefficient (Wildman–Crippen LogP) is 8.52. The Morgan fingerprint density at radius 3 is 1.38 bits per heavy atom. The van der Waals surface area contributed by atoms with Gasteiger partial charge in [0.2, 0.25) is 0 Å². The summed E-state index contributed by atoms with van der Waals surface area (Å²) in [7, 11) is -1.85. The van der Waals surface area contributed by atoms with Gasteiger partial charge >= 0.3 is 209 Å². The second-order valence-corrected chi connectivity index (χ2v) is 20.8. The molecule has 0 N–H and O–H groups in total. The van der Waals surface area contributed by atoms with Crippen LogP contribution in [0.25, 0.3) is 10.4 Å². The van der Waals surface area contributed by atoms with Crippen molar-refractivity contribution in [3.05, 3.63) is 80.9 Å². The van der Waals surface area contributed by atoms with Crippen LogP contribution in [0, 0.1) is 0 Å². The molecule has 166 valence electrons. The summed E-state index contributed by atoms with van der Waals surface area (Å²) >= 11 is -0.744. The normalized spacial score (nSPS) is 23.6. The van der Waals surface area contributed by atoms with E-state index in [0.717, 1.165) is 7.25 Å². The summed E-state index contributed by atoms with van der Waals surface area (Å²) in [5, 5.41) is 3.54. The molecule has 0 radical (unpaired) electrons. The molecule has 2 atom stereocenters. The van der Waals surface area contributed by atoms with E-state index in [-0.39, 0.29) is 10.8 Å². The number of allylic oxidation sites excluding steroid dienone is 2. The van der Waals surface area contributed by atoms with E-state index in [4.69, 9.17) is 0 Å². The predicted molar refractivity (Wildman–Crippen MR) is 138 cm³/mol. The zero-order valence-corrected chi connectivity index (χ0v) is 25.1. The van der Waals surface area contributed by atoms with Gasteiger partial charge in [0.25, 0.3) is 0 Å². The van der Waals surface area contributed by atoms with E-state index in [0.29, 0.717) is 0 Å². The monoisotopic (exact) mass is 516 g/mol. The molecular formula is C30H38SiZr. The molecule has 3 aliphatic rings. The van der Waals surface area contributed by atoms with Gasteiger partial charge in [-0.3, -0.25) is 0 Å². The first-order valence-corrected chi connectivity index (χ1v) is 18.0. The van der Waals surface area contributed by atoms with Crippen LogP contribution in [0.3, 0.4) is 0 Å². The zero-order valence-electron chi connectivity index (χ0n) is 21.6. The van der Waals surface area contributed by atoms with Crippen LogP contribution in [-0.4, -0.2) is 8.07 Å². The van der Waals surface area contributed by atoms with Crippen LogP contribution in [0.1, 0.15) is 96.0 Å². The van der Waals surface area contributed by atoms with E-state index in [1.807, 2.05) is 0 Å². The maximum absolute atomic E-state index is 2.65. The zero-order chi connectivity index (χ0) is 23.4. The summed E-state index contributed by atoms with van der Waals surface area (Å²) in [5.41, 5.74) is 13.4. The van der Waals surface area contributed by atoms with Gasteiger partial charge in [-0.05, 0) is 0 Å². The Bertz CT molecular complexity index is 1120. The van der Waals surface area contributed by atoms with Crippen molar-refractivity contribution in [2.45, 2.75) is 86.6 Å². The molecule has 2 heteroatoms. The van der Waals surface area contributed by atoms with Gasteiger partial charge in [-0.2, -0.15) is 0 Å². The number of rotatable bonds is 0. The molecule has 0 spiro atoms. The van der Waals surface area contributed by atoms with Crippen molar-refractivity contribution in [3.63, 3.8) is 0 Å². The number of hydrogen-bond acceptors (Lipinski definition) is 0. The van der Waals surface area contributed by atoms with Crippen molar-refractivity contribution in [1.29, 1.82) is 0 Å². The molecule has 2 aliphatic carbocycles. The topological polar surface area (TPSA) is 0 Å². The van der Waals surface area contributed by atoms with Crippen molar-refractivity contribution >= 4 is 18.5 Å². The first kappa shape index (κ1) is 22.8. The molecule has 1 heterocycles. The molecule has 0 saturated carbocycles. The van der Waals surface area contributed by atoms with Gasteiger partial charge < -0.3 is 0 Å². The van der Waals surface area contributed by atoms with Crippen LogP contribution >= 0.6 is 0 Å². The summed E-state index contributed by atoms with van der Waals surface area (Å²) in [6, 6.07) is 15.1. The van der Waals surface area contributed by atoms with Crippen molar-refractivity contribution in [3.8, 4) is 0 Å². The molecule has 0 amide bonds. The summed E-state index contributed by atoms with van der Waals surface area (Å²) in [4.78, 5) is 0. The van der Waals surface area contributed by atoms with Crippen LogP contribution in [0.15, 0.2) is 47.5 Å². The molecule has 0 fully saturated rings. The fourth-order valence-electron chi connectivity index (χ4n) is 6.54. The van der Waals surface area contributed by atoms with E-state index < -0.39 is 31.3 Å². The number of benzene rings is 2. The number of fused-ring (bicyclic) bond motifs is 8. The summed E-state index contributed by atoms with van der Waals surface area (Å²) < 4.78 is 1.47. The molecule has 2 aromatic carbocycles. The molecule has 4 bridgehead atoms. The first-order chi connectivity index (χ1) is 14.7. The van der Waals surface area contributed by atoms with E-state index in [9.17, 15) is 0 Å². The average molecular weight is 518 g/mol. The van der Waals surface area contributed by atoms with Crippen molar-refractivity contribution in [2.24, 2.45) is 0 Å². The third-order valence-corrected chi connectivity index (χ3v) is 17.4. The second-order valence-electron chi connectivity index (χ2n) is 12.9. The van der Waals surface area contributed by atoms with Crippen molar-refractivity contribution < 1.29 is 23.2 Å². The molecule has 0 aromatic heterocycles. The van der Waals surface area contributed by atoms with Crippen molar-refractivity contribution in [2.75, 3.05) is 0 Å². The van der Waals surface area contributed by atoms with Crippen LogP contribution in [0.2, 0.25) is 13.1 Å². The summed E-state index contributed by atoms with van der Waals surface area (Å²) in [5.74, 6) is 0. The van der Waals surface area contributed by atoms with Gasteiger partial charge in [0, 0.05) is 0 Å². The Labute approximate surface area is 208 Å². The Balaban J connectivity index is 1.76. The van der Waals surface area contributed by atoms with E-state index >= 15 is 0 Å². The Morgan fingerprint density at radius 2 is 1.03 bits per heavy atom. The summed E-state index contributed by atoms with van der Waals surface area (Å²) in [6.07, 6.45) is 0. The maximum atomic E-state index is 2.65. The standard InChI is InChI=1S/C30H38Si.Zr/c1-19-15-21-11-13-23(29(3,4)5)17-25(21)27(19)31(9,10)28-20(2)16-22-12-14-24(18-26(22)28)30(6,7)8;/h11-18H,1-10H3;. The molecule has 0 nitrogen and oxygen atoms in total. The Morgan fingerprint density at radius 1 is 0.656 bits per heavy atom. The molecule has 32 heavy (non-hydrogen) atoms. The van der Waals surface area contributed by atoms with Gasteiger partial charge in [0.05, 0.1) is 0 Å². The molecule has 1 aliphatic heterocycles. The molecule has 2 unspecified atom stereocenters. The van der Waals surface area contributed by atoms with Crippen LogP contribution in [0.5, 0.6) is 0 Å².